The van der Waals surface area contributed by atoms with E-state index in [1.807, 2.05) is 19.1 Å². The van der Waals surface area contributed by atoms with E-state index < -0.39 is 11.8 Å². The number of methoxy groups -OCH3 is 3. The highest BCUT2D eigenvalue weighted by atomic mass is 16.5. The number of carbonyl (C=O) groups is 2. The molecular weight excluding hydrogens is 410 g/mol. The molecule has 2 aliphatic carbocycles. The van der Waals surface area contributed by atoms with Crippen molar-refractivity contribution in [3.05, 3.63) is 29.0 Å². The highest BCUT2D eigenvalue weighted by molar-refractivity contribution is 6.08. The maximum atomic E-state index is 13.4. The summed E-state index contributed by atoms with van der Waals surface area (Å²) in [4.78, 5) is 31.2. The summed E-state index contributed by atoms with van der Waals surface area (Å²) in [7, 11) is 4.65. The molecule has 0 N–H and O–H groups in total. The summed E-state index contributed by atoms with van der Waals surface area (Å²) in [5, 5.41) is 0. The fourth-order valence-corrected chi connectivity index (χ4v) is 5.20. The molecule has 0 bridgehead atoms. The van der Waals surface area contributed by atoms with Crippen LogP contribution in [0.4, 0.5) is 0 Å². The van der Waals surface area contributed by atoms with Crippen LogP contribution >= 0.6 is 0 Å². The lowest BCUT2D eigenvalue weighted by Gasteiger charge is -2.35. The Morgan fingerprint density at radius 2 is 1.62 bits per heavy atom. The van der Waals surface area contributed by atoms with E-state index in [-0.39, 0.29) is 17.9 Å². The van der Waals surface area contributed by atoms with Crippen molar-refractivity contribution in [3.63, 3.8) is 0 Å². The lowest BCUT2D eigenvalue weighted by Crippen LogP contribution is -2.38. The van der Waals surface area contributed by atoms with Crippen molar-refractivity contribution in [1.82, 2.24) is 0 Å². The molecule has 0 radical (unpaired) electrons. The van der Waals surface area contributed by atoms with Gasteiger partial charge in [-0.1, -0.05) is 0 Å². The Bertz CT molecular complexity index is 948. The molecule has 7 nitrogen and oxygen atoms in total. The second kappa shape index (κ2) is 9.35. The monoisotopic (exact) mass is 441 g/mol. The fraction of sp³-hybridized carbons (Fsp3) is 0.560. The molecule has 4 rings (SSSR count). The molecule has 2 atom stereocenters. The van der Waals surface area contributed by atoms with Gasteiger partial charge < -0.3 is 18.9 Å². The molecule has 1 aromatic rings. The summed E-state index contributed by atoms with van der Waals surface area (Å²) >= 11 is 0. The predicted octanol–water partition coefficient (Wildman–Crippen LogP) is 4.38. The third kappa shape index (κ3) is 4.00. The van der Waals surface area contributed by atoms with Gasteiger partial charge in [-0.25, -0.2) is 0 Å². The van der Waals surface area contributed by atoms with Crippen LogP contribution in [-0.2, 0) is 14.3 Å². The largest absolute Gasteiger partial charge is 0.493 e. The van der Waals surface area contributed by atoms with E-state index in [1.165, 1.54) is 0 Å². The van der Waals surface area contributed by atoms with Crippen LogP contribution in [0.5, 0.6) is 17.2 Å². The van der Waals surface area contributed by atoms with E-state index in [0.717, 1.165) is 49.8 Å². The Kier molecular flexibility index (Phi) is 6.53. The van der Waals surface area contributed by atoms with Crippen molar-refractivity contribution in [2.45, 2.75) is 63.9 Å². The number of hydrogen-bond acceptors (Lipinski definition) is 7. The molecule has 7 heteroatoms. The molecule has 1 saturated carbocycles. The van der Waals surface area contributed by atoms with Crippen molar-refractivity contribution >= 4 is 17.5 Å². The van der Waals surface area contributed by atoms with Crippen molar-refractivity contribution in [3.8, 4) is 17.2 Å². The normalized spacial score (nSPS) is 23.5. The van der Waals surface area contributed by atoms with Gasteiger partial charge in [0.25, 0.3) is 0 Å². The van der Waals surface area contributed by atoms with Crippen molar-refractivity contribution in [2.24, 2.45) is 10.9 Å². The number of allylic oxidation sites excluding steroid dienone is 2. The molecule has 1 aromatic carbocycles. The summed E-state index contributed by atoms with van der Waals surface area (Å²) in [6, 6.07) is 3.65. The van der Waals surface area contributed by atoms with Crippen LogP contribution in [-0.4, -0.2) is 44.9 Å². The molecule has 0 aromatic heterocycles. The lowest BCUT2D eigenvalue weighted by molar-refractivity contribution is -0.151. The van der Waals surface area contributed by atoms with Gasteiger partial charge in [0, 0.05) is 29.3 Å². The minimum Gasteiger partial charge on any atom is -0.493 e. The summed E-state index contributed by atoms with van der Waals surface area (Å²) in [6.07, 6.45) is 5.80. The number of hydrogen-bond donors (Lipinski definition) is 0. The molecule has 32 heavy (non-hydrogen) atoms. The molecule has 0 spiro atoms. The van der Waals surface area contributed by atoms with Gasteiger partial charge in [-0.15, -0.1) is 0 Å². The average Bonchev–Trinajstić information content (AvgIpc) is 3.30. The first-order valence-electron chi connectivity index (χ1n) is 11.3. The van der Waals surface area contributed by atoms with Crippen LogP contribution in [0.25, 0.3) is 0 Å². The summed E-state index contributed by atoms with van der Waals surface area (Å²) in [5.41, 5.74) is 2.83. The van der Waals surface area contributed by atoms with Gasteiger partial charge in [0.15, 0.2) is 17.3 Å². The number of ether oxygens (including phenoxy) is 4. The maximum absolute atomic E-state index is 13.4. The van der Waals surface area contributed by atoms with Crippen LogP contribution in [0.3, 0.4) is 0 Å². The third-order valence-corrected chi connectivity index (χ3v) is 6.72. The SMILES string of the molecule is COc1cc([C@H]2C3=C(CCCC3=O)N=C(C)C2C(=O)OC2CCCC2)cc(OC)c1OC. The third-order valence-electron chi connectivity index (χ3n) is 6.72. The van der Waals surface area contributed by atoms with Gasteiger partial charge >= 0.3 is 5.97 Å². The van der Waals surface area contributed by atoms with E-state index in [1.54, 1.807) is 21.3 Å². The zero-order valence-corrected chi connectivity index (χ0v) is 19.2. The van der Waals surface area contributed by atoms with Crippen LogP contribution < -0.4 is 14.2 Å². The van der Waals surface area contributed by atoms with Crippen LogP contribution in [0, 0.1) is 5.92 Å². The van der Waals surface area contributed by atoms with Crippen LogP contribution in [0.2, 0.25) is 0 Å². The van der Waals surface area contributed by atoms with Crippen molar-refractivity contribution < 1.29 is 28.5 Å². The Labute approximate surface area is 188 Å². The minimum atomic E-state index is -0.667. The number of Topliss-reactive ketones (excluding diaryl/α,β-unsaturated/α-hetero) is 1. The first-order chi connectivity index (χ1) is 15.5. The number of benzene rings is 1. The van der Waals surface area contributed by atoms with Crippen molar-refractivity contribution in [2.75, 3.05) is 21.3 Å². The molecule has 172 valence electrons. The summed E-state index contributed by atoms with van der Waals surface area (Å²) < 4.78 is 22.5. The zero-order chi connectivity index (χ0) is 22.8. The Morgan fingerprint density at radius 3 is 2.22 bits per heavy atom. The number of aliphatic imine (C=N–C) groups is 1. The van der Waals surface area contributed by atoms with E-state index in [2.05, 4.69) is 0 Å². The van der Waals surface area contributed by atoms with Crippen molar-refractivity contribution in [1.29, 1.82) is 0 Å². The Balaban J connectivity index is 1.83. The highest BCUT2D eigenvalue weighted by Crippen LogP contribution is 2.48. The van der Waals surface area contributed by atoms with Gasteiger partial charge in [0.1, 0.15) is 12.0 Å². The molecule has 1 heterocycles. The first-order valence-corrected chi connectivity index (χ1v) is 11.3. The molecule has 1 fully saturated rings. The standard InChI is InChI=1S/C25H31NO6/c1-14-21(25(28)32-16-8-5-6-9-16)22(23-17(26-14)10-7-11-18(23)27)15-12-19(29-2)24(31-4)20(13-15)30-3/h12-13,16,21-22H,5-11H2,1-4H3/t21?,22-/m1/s1. The molecular formula is C25H31NO6. The van der Waals surface area contributed by atoms with E-state index in [9.17, 15) is 9.59 Å². The van der Waals surface area contributed by atoms with Crippen LogP contribution in [0.1, 0.15) is 63.4 Å². The minimum absolute atomic E-state index is 0.0416. The lowest BCUT2D eigenvalue weighted by atomic mass is 9.71. The zero-order valence-electron chi connectivity index (χ0n) is 19.2. The van der Waals surface area contributed by atoms with Gasteiger partial charge in [-0.2, -0.15) is 0 Å². The highest BCUT2D eigenvalue weighted by Gasteiger charge is 2.44. The van der Waals surface area contributed by atoms with E-state index >= 15 is 0 Å². The van der Waals surface area contributed by atoms with Crippen LogP contribution in [0.15, 0.2) is 28.4 Å². The average molecular weight is 442 g/mol. The number of ketones is 1. The second-order valence-electron chi connectivity index (χ2n) is 8.65. The van der Waals surface area contributed by atoms with E-state index in [4.69, 9.17) is 23.9 Å². The molecule has 0 saturated heterocycles. The Hall–Kier alpha value is -2.83. The van der Waals surface area contributed by atoms with Gasteiger partial charge in [-0.3, -0.25) is 14.6 Å². The topological polar surface area (TPSA) is 83.4 Å². The molecule has 1 aliphatic heterocycles. The number of nitrogens with zero attached hydrogens (tertiary/aromatic N) is 1. The Morgan fingerprint density at radius 1 is 0.969 bits per heavy atom. The number of rotatable bonds is 6. The van der Waals surface area contributed by atoms with Gasteiger partial charge in [0.2, 0.25) is 5.75 Å². The smallest absolute Gasteiger partial charge is 0.315 e. The molecule has 3 aliphatic rings. The number of carbonyl (C=O) groups excluding carboxylic acids is 2. The molecule has 1 unspecified atom stereocenters. The predicted molar refractivity (Wildman–Crippen MR) is 120 cm³/mol. The second-order valence-corrected chi connectivity index (χ2v) is 8.65. The molecule has 0 amide bonds. The number of esters is 1. The first kappa shape index (κ1) is 22.4. The van der Waals surface area contributed by atoms with Gasteiger partial charge in [0.05, 0.1) is 21.3 Å². The summed E-state index contributed by atoms with van der Waals surface area (Å²) in [5.74, 6) is -0.0151. The van der Waals surface area contributed by atoms with Gasteiger partial charge in [-0.05, 0) is 63.1 Å². The maximum Gasteiger partial charge on any atom is 0.315 e. The fourth-order valence-electron chi connectivity index (χ4n) is 5.20. The summed E-state index contributed by atoms with van der Waals surface area (Å²) in [6.45, 7) is 1.86. The quantitative estimate of drug-likeness (QED) is 0.609. The van der Waals surface area contributed by atoms with E-state index in [0.29, 0.717) is 35.0 Å².